The molecule has 1 saturated heterocycles. The Morgan fingerprint density at radius 1 is 1.50 bits per heavy atom. The van der Waals surface area contributed by atoms with Gasteiger partial charge in [0.25, 0.3) is 5.92 Å². The molecule has 1 heterocycles. The van der Waals surface area contributed by atoms with Crippen molar-refractivity contribution in [2.45, 2.75) is 12.3 Å². The summed E-state index contributed by atoms with van der Waals surface area (Å²) < 4.78 is 37.0. The van der Waals surface area contributed by atoms with Gasteiger partial charge < -0.3 is 5.32 Å². The van der Waals surface area contributed by atoms with Crippen molar-refractivity contribution in [2.24, 2.45) is 5.92 Å². The molecule has 1 nitrogen and oxygen atoms in total. The second-order valence-corrected chi connectivity index (χ2v) is 2.58. The predicted molar refractivity (Wildman–Crippen MR) is 31.9 cm³/mol. The van der Waals surface area contributed by atoms with Crippen LogP contribution in [0.1, 0.15) is 6.42 Å². The van der Waals surface area contributed by atoms with E-state index in [1.165, 1.54) is 0 Å². The first-order chi connectivity index (χ1) is 4.67. The average molecular weight is 153 g/mol. The van der Waals surface area contributed by atoms with Crippen molar-refractivity contribution in [1.82, 2.24) is 5.32 Å². The van der Waals surface area contributed by atoms with E-state index in [-0.39, 0.29) is 13.0 Å². The van der Waals surface area contributed by atoms with Crippen LogP contribution < -0.4 is 5.32 Å². The summed E-state index contributed by atoms with van der Waals surface area (Å²) in [4.78, 5) is 0. The van der Waals surface area contributed by atoms with E-state index in [9.17, 15) is 13.2 Å². The number of rotatable bonds is 1. The number of nitrogens with one attached hydrogen (secondary N) is 1. The average Bonchev–Trinajstić information content (AvgIpc) is 1.87. The van der Waals surface area contributed by atoms with Crippen LogP contribution in [0, 0.1) is 5.92 Å². The summed E-state index contributed by atoms with van der Waals surface area (Å²) in [6.07, 6.45) is 0.240. The highest BCUT2D eigenvalue weighted by Crippen LogP contribution is 2.29. The molecule has 0 unspecified atom stereocenters. The van der Waals surface area contributed by atoms with Crippen LogP contribution in [0.4, 0.5) is 13.2 Å². The Bertz CT molecular complexity index is 116. The molecular formula is C6H10F3N. The lowest BCUT2D eigenvalue weighted by atomic mass is 9.96. The number of hydrogen-bond donors (Lipinski definition) is 1. The molecule has 1 aliphatic heterocycles. The van der Waals surface area contributed by atoms with Gasteiger partial charge in [-0.15, -0.1) is 0 Å². The van der Waals surface area contributed by atoms with Gasteiger partial charge in [-0.3, -0.25) is 4.39 Å². The molecule has 1 rings (SSSR count). The summed E-state index contributed by atoms with van der Waals surface area (Å²) in [7, 11) is 0. The quantitative estimate of drug-likeness (QED) is 0.596. The maximum Gasteiger partial charge on any atom is 0.265 e. The van der Waals surface area contributed by atoms with Gasteiger partial charge >= 0.3 is 0 Å². The molecule has 0 aromatic rings. The van der Waals surface area contributed by atoms with E-state index in [1.54, 1.807) is 0 Å². The maximum atomic E-state index is 12.6. The highest BCUT2D eigenvalue weighted by atomic mass is 19.3. The summed E-state index contributed by atoms with van der Waals surface area (Å²) in [5, 5.41) is 2.52. The van der Waals surface area contributed by atoms with Crippen LogP contribution >= 0.6 is 0 Å². The topological polar surface area (TPSA) is 12.0 Å². The van der Waals surface area contributed by atoms with Crippen LogP contribution in [-0.4, -0.2) is 25.7 Å². The van der Waals surface area contributed by atoms with E-state index in [0.29, 0.717) is 6.54 Å². The van der Waals surface area contributed by atoms with Crippen LogP contribution in [0.5, 0.6) is 0 Å². The first-order valence-corrected chi connectivity index (χ1v) is 3.31. The smallest absolute Gasteiger partial charge is 0.265 e. The molecular weight excluding hydrogens is 143 g/mol. The molecule has 0 saturated carbocycles. The molecule has 0 radical (unpaired) electrons. The Morgan fingerprint density at radius 2 is 2.20 bits per heavy atom. The number of piperidine rings is 1. The Kier molecular flexibility index (Phi) is 2.18. The lowest BCUT2D eigenvalue weighted by Crippen LogP contribution is -2.46. The monoisotopic (exact) mass is 153 g/mol. The fourth-order valence-corrected chi connectivity index (χ4v) is 1.08. The minimum atomic E-state index is -2.84. The van der Waals surface area contributed by atoms with Crippen LogP contribution in [0.25, 0.3) is 0 Å². The molecule has 60 valence electrons. The zero-order chi connectivity index (χ0) is 7.61. The van der Waals surface area contributed by atoms with Crippen molar-refractivity contribution in [3.63, 3.8) is 0 Å². The molecule has 0 aromatic carbocycles. The summed E-state index contributed by atoms with van der Waals surface area (Å²) in [6, 6.07) is 0. The first kappa shape index (κ1) is 7.85. The maximum absolute atomic E-state index is 12.6. The largest absolute Gasteiger partial charge is 0.311 e. The molecule has 1 fully saturated rings. The van der Waals surface area contributed by atoms with Gasteiger partial charge in [-0.05, 0) is 13.0 Å². The van der Waals surface area contributed by atoms with Gasteiger partial charge in [-0.2, -0.15) is 0 Å². The van der Waals surface area contributed by atoms with Gasteiger partial charge in [0.1, 0.15) is 0 Å². The van der Waals surface area contributed by atoms with Gasteiger partial charge in [0, 0.05) is 0 Å². The molecule has 0 bridgehead atoms. The number of hydrogen-bond acceptors (Lipinski definition) is 1. The summed E-state index contributed by atoms with van der Waals surface area (Å²) in [5.74, 6) is -3.90. The highest BCUT2D eigenvalue weighted by Gasteiger charge is 2.41. The van der Waals surface area contributed by atoms with Crippen molar-refractivity contribution in [3.05, 3.63) is 0 Å². The molecule has 1 aliphatic rings. The van der Waals surface area contributed by atoms with E-state index in [0.717, 1.165) is 0 Å². The van der Waals surface area contributed by atoms with E-state index < -0.39 is 18.5 Å². The van der Waals surface area contributed by atoms with Crippen LogP contribution in [0.15, 0.2) is 0 Å². The second-order valence-electron chi connectivity index (χ2n) is 2.58. The Morgan fingerprint density at radius 3 is 2.60 bits per heavy atom. The lowest BCUT2D eigenvalue weighted by molar-refractivity contribution is -0.0800. The van der Waals surface area contributed by atoms with E-state index in [2.05, 4.69) is 5.32 Å². The number of alkyl halides is 3. The molecule has 0 amide bonds. The molecule has 1 N–H and O–H groups in total. The standard InChI is InChI=1S/C6H10F3N/c7-3-5-1-2-10-4-6(5,8)9/h5,10H,1-4H2/t5-/m0/s1. The van der Waals surface area contributed by atoms with Crippen LogP contribution in [0.3, 0.4) is 0 Å². The minimum Gasteiger partial charge on any atom is -0.311 e. The molecule has 1 atom stereocenters. The summed E-state index contributed by atoms with van der Waals surface area (Å²) in [6.45, 7) is -0.777. The van der Waals surface area contributed by atoms with Gasteiger partial charge in [0.05, 0.1) is 19.1 Å². The third kappa shape index (κ3) is 1.42. The van der Waals surface area contributed by atoms with Crippen molar-refractivity contribution in [2.75, 3.05) is 19.8 Å². The van der Waals surface area contributed by atoms with Gasteiger partial charge in [-0.1, -0.05) is 0 Å². The summed E-state index contributed by atoms with van der Waals surface area (Å²) in [5.41, 5.74) is 0. The van der Waals surface area contributed by atoms with Crippen LogP contribution in [0.2, 0.25) is 0 Å². The number of halogens is 3. The third-order valence-electron chi connectivity index (χ3n) is 1.81. The fourth-order valence-electron chi connectivity index (χ4n) is 1.08. The molecule has 0 aliphatic carbocycles. The lowest BCUT2D eigenvalue weighted by Gasteiger charge is -2.29. The van der Waals surface area contributed by atoms with Gasteiger partial charge in [0.15, 0.2) is 0 Å². The SMILES string of the molecule is FC[C@@H]1CCNCC1(F)F. The highest BCUT2D eigenvalue weighted by molar-refractivity contribution is 4.83. The first-order valence-electron chi connectivity index (χ1n) is 3.31. The normalized spacial score (nSPS) is 32.1. The van der Waals surface area contributed by atoms with E-state index in [4.69, 9.17) is 0 Å². The summed E-state index contributed by atoms with van der Waals surface area (Å²) >= 11 is 0. The Hall–Kier alpha value is -0.250. The molecule has 4 heteroatoms. The Balaban J connectivity index is 2.51. The molecule has 0 spiro atoms. The zero-order valence-electron chi connectivity index (χ0n) is 5.54. The van der Waals surface area contributed by atoms with E-state index in [1.807, 2.05) is 0 Å². The Labute approximate surface area is 57.6 Å². The van der Waals surface area contributed by atoms with Crippen molar-refractivity contribution in [1.29, 1.82) is 0 Å². The zero-order valence-corrected chi connectivity index (χ0v) is 5.54. The minimum absolute atomic E-state index is 0.240. The van der Waals surface area contributed by atoms with Gasteiger partial charge in [0.2, 0.25) is 0 Å². The predicted octanol–water partition coefficient (Wildman–Crippen LogP) is 1.20. The third-order valence-corrected chi connectivity index (χ3v) is 1.81. The molecule has 10 heavy (non-hydrogen) atoms. The van der Waals surface area contributed by atoms with Crippen molar-refractivity contribution in [3.8, 4) is 0 Å². The van der Waals surface area contributed by atoms with Gasteiger partial charge in [-0.25, -0.2) is 8.78 Å². The van der Waals surface area contributed by atoms with E-state index >= 15 is 0 Å². The van der Waals surface area contributed by atoms with Crippen LogP contribution in [-0.2, 0) is 0 Å². The van der Waals surface area contributed by atoms with Crippen molar-refractivity contribution < 1.29 is 13.2 Å². The second kappa shape index (κ2) is 2.78. The molecule has 0 aromatic heterocycles. The van der Waals surface area contributed by atoms with Crippen molar-refractivity contribution >= 4 is 0 Å². The fraction of sp³-hybridized carbons (Fsp3) is 1.00.